The van der Waals surface area contributed by atoms with Crippen LogP contribution in [0, 0.1) is 0 Å². The number of anilines is 1. The van der Waals surface area contributed by atoms with Crippen LogP contribution < -0.4 is 10.6 Å². The van der Waals surface area contributed by atoms with E-state index in [9.17, 15) is 0 Å². The van der Waals surface area contributed by atoms with E-state index >= 15 is 0 Å². The fourth-order valence-electron chi connectivity index (χ4n) is 2.18. The first-order chi connectivity index (χ1) is 9.47. The van der Waals surface area contributed by atoms with Crippen LogP contribution >= 0.6 is 38.9 Å². The minimum atomic E-state index is 0.0953. The van der Waals surface area contributed by atoms with E-state index in [2.05, 4.69) is 45.4 Å². The van der Waals surface area contributed by atoms with Crippen LogP contribution in [0.2, 0.25) is 5.02 Å². The molecule has 20 heavy (non-hydrogen) atoms. The molecule has 0 radical (unpaired) electrons. The van der Waals surface area contributed by atoms with Gasteiger partial charge in [-0.05, 0) is 53.0 Å². The highest BCUT2D eigenvalue weighted by Crippen LogP contribution is 2.30. The number of nitrogens with two attached hydrogens (primary N) is 1. The van der Waals surface area contributed by atoms with Crippen molar-refractivity contribution in [3.05, 3.63) is 49.6 Å². The van der Waals surface area contributed by atoms with Gasteiger partial charge in [0.15, 0.2) is 0 Å². The molecule has 2 nitrogen and oxygen atoms in total. The Balaban J connectivity index is 2.24. The Morgan fingerprint density at radius 1 is 1.45 bits per heavy atom. The molecule has 2 N–H and O–H groups in total. The highest BCUT2D eigenvalue weighted by molar-refractivity contribution is 9.10. The first kappa shape index (κ1) is 15.8. The standard InChI is InChI=1S/C15H18BrClN2S/c1-10(18)6-13-14(17)4-3-5-15(13)19(2)8-12-7-11(16)9-20-12/h3-5,7,9-10H,6,8,18H2,1-2H3. The van der Waals surface area contributed by atoms with Gasteiger partial charge in [0.05, 0.1) is 6.54 Å². The van der Waals surface area contributed by atoms with Crippen LogP contribution in [-0.4, -0.2) is 13.1 Å². The quantitative estimate of drug-likeness (QED) is 0.823. The fourth-order valence-corrected chi connectivity index (χ4v) is 3.93. The van der Waals surface area contributed by atoms with Crippen LogP contribution in [0.1, 0.15) is 17.4 Å². The summed E-state index contributed by atoms with van der Waals surface area (Å²) >= 11 is 11.6. The number of halogens is 2. The second kappa shape index (κ2) is 6.94. The Hall–Kier alpha value is -0.550. The van der Waals surface area contributed by atoms with Crippen molar-refractivity contribution in [1.29, 1.82) is 0 Å². The van der Waals surface area contributed by atoms with E-state index in [4.69, 9.17) is 17.3 Å². The largest absolute Gasteiger partial charge is 0.369 e. The normalized spacial score (nSPS) is 12.4. The molecule has 2 rings (SSSR count). The van der Waals surface area contributed by atoms with Gasteiger partial charge in [0.2, 0.25) is 0 Å². The first-order valence-electron chi connectivity index (χ1n) is 6.44. The summed E-state index contributed by atoms with van der Waals surface area (Å²) < 4.78 is 1.13. The van der Waals surface area contributed by atoms with E-state index in [1.54, 1.807) is 11.3 Å². The molecule has 0 aliphatic carbocycles. The third kappa shape index (κ3) is 3.98. The van der Waals surface area contributed by atoms with Crippen molar-refractivity contribution in [2.75, 3.05) is 11.9 Å². The Bertz CT molecular complexity index is 583. The smallest absolute Gasteiger partial charge is 0.0520 e. The van der Waals surface area contributed by atoms with Crippen molar-refractivity contribution >= 4 is 44.6 Å². The van der Waals surface area contributed by atoms with E-state index < -0.39 is 0 Å². The third-order valence-electron chi connectivity index (χ3n) is 3.05. The van der Waals surface area contributed by atoms with Crippen LogP contribution in [0.3, 0.4) is 0 Å². The van der Waals surface area contributed by atoms with Crippen molar-refractivity contribution in [3.8, 4) is 0 Å². The molecule has 1 atom stereocenters. The molecule has 0 spiro atoms. The molecule has 0 fully saturated rings. The van der Waals surface area contributed by atoms with Gasteiger partial charge >= 0.3 is 0 Å². The third-order valence-corrected chi connectivity index (χ3v) is 5.08. The SMILES string of the molecule is CC(N)Cc1c(Cl)cccc1N(C)Cc1cc(Br)cs1. The molecule has 108 valence electrons. The molecule has 0 bridgehead atoms. The van der Waals surface area contributed by atoms with Crippen molar-refractivity contribution in [3.63, 3.8) is 0 Å². The van der Waals surface area contributed by atoms with E-state index in [1.807, 2.05) is 19.1 Å². The summed E-state index contributed by atoms with van der Waals surface area (Å²) in [4.78, 5) is 3.54. The Morgan fingerprint density at radius 2 is 2.20 bits per heavy atom. The summed E-state index contributed by atoms with van der Waals surface area (Å²) in [6.07, 6.45) is 0.785. The maximum absolute atomic E-state index is 6.34. The van der Waals surface area contributed by atoms with Crippen molar-refractivity contribution < 1.29 is 0 Å². The topological polar surface area (TPSA) is 29.3 Å². The van der Waals surface area contributed by atoms with Gasteiger partial charge in [-0.25, -0.2) is 0 Å². The van der Waals surface area contributed by atoms with Gasteiger partial charge in [-0.1, -0.05) is 17.7 Å². The summed E-state index contributed by atoms with van der Waals surface area (Å²) in [5.41, 5.74) is 8.22. The van der Waals surface area contributed by atoms with Gasteiger partial charge in [0.1, 0.15) is 0 Å². The van der Waals surface area contributed by atoms with Gasteiger partial charge in [-0.15, -0.1) is 11.3 Å². The van der Waals surface area contributed by atoms with Gasteiger partial charge in [-0.3, -0.25) is 0 Å². The fraction of sp³-hybridized carbons (Fsp3) is 0.333. The summed E-state index contributed by atoms with van der Waals surface area (Å²) in [6.45, 7) is 2.87. The van der Waals surface area contributed by atoms with E-state index in [0.29, 0.717) is 0 Å². The molecule has 0 aliphatic heterocycles. The molecule has 0 saturated carbocycles. The molecule has 0 aliphatic rings. The molecular formula is C15H18BrClN2S. The molecule has 2 aromatic rings. The maximum Gasteiger partial charge on any atom is 0.0520 e. The number of nitrogens with zero attached hydrogens (tertiary/aromatic N) is 1. The number of benzene rings is 1. The second-order valence-corrected chi connectivity index (χ2v) is 7.32. The highest BCUT2D eigenvalue weighted by Gasteiger charge is 2.13. The maximum atomic E-state index is 6.34. The summed E-state index contributed by atoms with van der Waals surface area (Å²) in [5, 5.41) is 2.89. The zero-order chi connectivity index (χ0) is 14.7. The lowest BCUT2D eigenvalue weighted by atomic mass is 10.0. The van der Waals surface area contributed by atoms with Crippen LogP contribution in [0.25, 0.3) is 0 Å². The number of hydrogen-bond donors (Lipinski definition) is 1. The lowest BCUT2D eigenvalue weighted by Crippen LogP contribution is -2.22. The lowest BCUT2D eigenvalue weighted by Gasteiger charge is -2.23. The highest BCUT2D eigenvalue weighted by atomic mass is 79.9. The number of thiophene rings is 1. The van der Waals surface area contributed by atoms with E-state index in [0.717, 1.165) is 33.7 Å². The predicted octanol–water partition coefficient (Wildman–Crippen LogP) is 4.69. The van der Waals surface area contributed by atoms with E-state index in [-0.39, 0.29) is 6.04 Å². The molecule has 1 aromatic carbocycles. The minimum Gasteiger partial charge on any atom is -0.369 e. The van der Waals surface area contributed by atoms with E-state index in [1.165, 1.54) is 4.88 Å². The first-order valence-corrected chi connectivity index (χ1v) is 8.49. The Labute approximate surface area is 137 Å². The average Bonchev–Trinajstić information content (AvgIpc) is 2.76. The zero-order valence-electron chi connectivity index (χ0n) is 11.6. The van der Waals surface area contributed by atoms with Gasteiger partial charge in [0.25, 0.3) is 0 Å². The summed E-state index contributed by atoms with van der Waals surface area (Å²) in [7, 11) is 2.09. The summed E-state index contributed by atoms with van der Waals surface area (Å²) in [6, 6.07) is 8.27. The van der Waals surface area contributed by atoms with Crippen LogP contribution in [-0.2, 0) is 13.0 Å². The average molecular weight is 374 g/mol. The lowest BCUT2D eigenvalue weighted by molar-refractivity contribution is 0.734. The van der Waals surface area contributed by atoms with Crippen LogP contribution in [0.15, 0.2) is 34.1 Å². The number of hydrogen-bond acceptors (Lipinski definition) is 3. The molecule has 0 saturated heterocycles. The molecule has 1 heterocycles. The second-order valence-electron chi connectivity index (χ2n) is 5.01. The van der Waals surface area contributed by atoms with Gasteiger partial charge < -0.3 is 10.6 Å². The van der Waals surface area contributed by atoms with Crippen molar-refractivity contribution in [1.82, 2.24) is 0 Å². The molecule has 0 amide bonds. The van der Waals surface area contributed by atoms with Gasteiger partial charge in [-0.2, -0.15) is 0 Å². The monoisotopic (exact) mass is 372 g/mol. The van der Waals surface area contributed by atoms with Gasteiger partial charge in [0, 0.05) is 38.5 Å². The van der Waals surface area contributed by atoms with Crippen molar-refractivity contribution in [2.45, 2.75) is 25.9 Å². The predicted molar refractivity (Wildman–Crippen MR) is 92.9 cm³/mol. The van der Waals surface area contributed by atoms with Crippen LogP contribution in [0.4, 0.5) is 5.69 Å². The molecular weight excluding hydrogens is 356 g/mol. The molecule has 1 aromatic heterocycles. The van der Waals surface area contributed by atoms with Crippen molar-refractivity contribution in [2.24, 2.45) is 5.73 Å². The Morgan fingerprint density at radius 3 is 2.80 bits per heavy atom. The number of rotatable bonds is 5. The zero-order valence-corrected chi connectivity index (χ0v) is 14.7. The van der Waals surface area contributed by atoms with Crippen LogP contribution in [0.5, 0.6) is 0 Å². The molecule has 1 unspecified atom stereocenters. The summed E-state index contributed by atoms with van der Waals surface area (Å²) in [5.74, 6) is 0. The Kier molecular flexibility index (Phi) is 5.49. The molecule has 5 heteroatoms. The minimum absolute atomic E-state index is 0.0953.